The number of benzene rings is 1. The number of methoxy groups -OCH3 is 1. The molecule has 0 aliphatic heterocycles. The summed E-state index contributed by atoms with van der Waals surface area (Å²) in [6.07, 6.45) is 0.589. The van der Waals surface area contributed by atoms with Crippen molar-refractivity contribution in [3.63, 3.8) is 0 Å². The van der Waals surface area contributed by atoms with E-state index in [0.717, 1.165) is 17.1 Å². The van der Waals surface area contributed by atoms with Crippen LogP contribution in [0.25, 0.3) is 0 Å². The van der Waals surface area contributed by atoms with Gasteiger partial charge in [-0.1, -0.05) is 30.8 Å². The van der Waals surface area contributed by atoms with Crippen LogP contribution in [0.4, 0.5) is 0 Å². The largest absolute Gasteiger partial charge is 0.497 e. The first-order valence-electron chi connectivity index (χ1n) is 5.94. The molecular weight excluding hydrogens is 262 g/mol. The Balaban J connectivity index is 2.01. The Morgan fingerprint density at radius 3 is 2.58 bits per heavy atom. The van der Waals surface area contributed by atoms with Crippen LogP contribution < -0.4 is 10.3 Å². The van der Waals surface area contributed by atoms with Crippen molar-refractivity contribution in [2.75, 3.05) is 7.11 Å². The van der Waals surface area contributed by atoms with E-state index in [1.54, 1.807) is 7.11 Å². The molecule has 0 unspecified atom stereocenters. The topological polar surface area (TPSA) is 67.9 Å². The molecule has 2 aromatic rings. The van der Waals surface area contributed by atoms with Crippen molar-refractivity contribution in [3.05, 3.63) is 45.9 Å². The van der Waals surface area contributed by atoms with Crippen LogP contribution in [0.2, 0.25) is 0 Å². The molecule has 1 heterocycles. The number of hydrogen-bond acceptors (Lipinski definition) is 5. The average molecular weight is 277 g/mol. The molecule has 0 saturated carbocycles. The van der Waals surface area contributed by atoms with Crippen LogP contribution in [0.1, 0.15) is 18.2 Å². The third-order valence-electron chi connectivity index (χ3n) is 2.61. The summed E-state index contributed by atoms with van der Waals surface area (Å²) in [5.41, 5.74) is 1.44. The fourth-order valence-electron chi connectivity index (χ4n) is 1.52. The molecule has 6 heteroatoms. The van der Waals surface area contributed by atoms with Gasteiger partial charge in [-0.05, 0) is 24.1 Å². The van der Waals surface area contributed by atoms with Crippen molar-refractivity contribution in [2.24, 2.45) is 0 Å². The van der Waals surface area contributed by atoms with Gasteiger partial charge in [-0.3, -0.25) is 9.78 Å². The molecule has 0 spiro atoms. The van der Waals surface area contributed by atoms with E-state index in [-0.39, 0.29) is 5.56 Å². The van der Waals surface area contributed by atoms with Crippen LogP contribution in [0.5, 0.6) is 5.75 Å². The Morgan fingerprint density at radius 1 is 1.26 bits per heavy atom. The first kappa shape index (κ1) is 13.6. The SMILES string of the molecule is CCc1nnc(SCc2ccc(OC)cc2)[nH]c1=O. The average Bonchev–Trinajstić information content (AvgIpc) is 2.46. The number of nitrogens with zero attached hydrogens (tertiary/aromatic N) is 2. The molecule has 0 saturated heterocycles. The molecule has 0 fully saturated rings. The Kier molecular flexibility index (Phi) is 4.57. The Hall–Kier alpha value is -1.82. The van der Waals surface area contributed by atoms with Crippen molar-refractivity contribution >= 4 is 11.8 Å². The number of nitrogens with one attached hydrogen (secondary N) is 1. The lowest BCUT2D eigenvalue weighted by atomic mass is 10.2. The Morgan fingerprint density at radius 2 is 2.00 bits per heavy atom. The van der Waals surface area contributed by atoms with Gasteiger partial charge >= 0.3 is 0 Å². The summed E-state index contributed by atoms with van der Waals surface area (Å²) in [4.78, 5) is 14.3. The second-order valence-corrected chi connectivity index (χ2v) is 4.86. The Bertz CT molecular complexity index is 596. The first-order valence-corrected chi connectivity index (χ1v) is 6.93. The number of rotatable bonds is 5. The maximum absolute atomic E-state index is 11.6. The van der Waals surface area contributed by atoms with Crippen LogP contribution in [-0.4, -0.2) is 22.3 Å². The minimum Gasteiger partial charge on any atom is -0.497 e. The van der Waals surface area contributed by atoms with E-state index < -0.39 is 0 Å². The second-order valence-electron chi connectivity index (χ2n) is 3.90. The predicted octanol–water partition coefficient (Wildman–Crippen LogP) is 2.03. The lowest BCUT2D eigenvalue weighted by molar-refractivity contribution is 0.414. The molecule has 19 heavy (non-hydrogen) atoms. The van der Waals surface area contributed by atoms with E-state index in [2.05, 4.69) is 15.2 Å². The Labute approximate surface area is 115 Å². The number of H-pyrrole nitrogens is 1. The molecule has 1 aromatic heterocycles. The number of aromatic amines is 1. The summed E-state index contributed by atoms with van der Waals surface area (Å²) in [6, 6.07) is 7.78. The fraction of sp³-hybridized carbons (Fsp3) is 0.308. The minimum absolute atomic E-state index is 0.158. The van der Waals surface area contributed by atoms with Gasteiger partial charge in [0, 0.05) is 5.75 Å². The lowest BCUT2D eigenvalue weighted by Gasteiger charge is -2.03. The molecule has 1 N–H and O–H groups in total. The van der Waals surface area contributed by atoms with Gasteiger partial charge in [0.2, 0.25) is 0 Å². The van der Waals surface area contributed by atoms with E-state index in [4.69, 9.17) is 4.74 Å². The molecular formula is C13H15N3O2S. The normalized spacial score (nSPS) is 10.4. The molecule has 1 aromatic carbocycles. The molecule has 2 rings (SSSR count). The monoisotopic (exact) mass is 277 g/mol. The standard InChI is InChI=1S/C13H15N3O2S/c1-3-11-12(17)14-13(16-15-11)19-8-9-4-6-10(18-2)7-5-9/h4-7H,3,8H2,1-2H3,(H,14,16,17). The molecule has 0 bridgehead atoms. The van der Waals surface area contributed by atoms with Gasteiger partial charge in [-0.25, -0.2) is 0 Å². The third kappa shape index (κ3) is 3.57. The van der Waals surface area contributed by atoms with E-state index in [9.17, 15) is 4.79 Å². The van der Waals surface area contributed by atoms with Crippen LogP contribution in [0.3, 0.4) is 0 Å². The highest BCUT2D eigenvalue weighted by molar-refractivity contribution is 7.98. The van der Waals surface area contributed by atoms with Gasteiger partial charge in [0.1, 0.15) is 11.4 Å². The molecule has 5 nitrogen and oxygen atoms in total. The number of aromatic nitrogens is 3. The zero-order valence-corrected chi connectivity index (χ0v) is 11.7. The number of thioether (sulfide) groups is 1. The summed E-state index contributed by atoms with van der Waals surface area (Å²) in [5.74, 6) is 1.55. The number of aryl methyl sites for hydroxylation is 1. The van der Waals surface area contributed by atoms with Crippen LogP contribution in [0.15, 0.2) is 34.2 Å². The third-order valence-corrected chi connectivity index (χ3v) is 3.55. The zero-order chi connectivity index (χ0) is 13.7. The smallest absolute Gasteiger partial charge is 0.273 e. The summed E-state index contributed by atoms with van der Waals surface area (Å²) in [6.45, 7) is 1.88. The van der Waals surface area contributed by atoms with E-state index in [1.165, 1.54) is 11.8 Å². The van der Waals surface area contributed by atoms with Gasteiger partial charge in [0.25, 0.3) is 5.56 Å². The minimum atomic E-state index is -0.158. The van der Waals surface area contributed by atoms with Crippen LogP contribution in [-0.2, 0) is 12.2 Å². The summed E-state index contributed by atoms with van der Waals surface area (Å²) in [5, 5.41) is 8.43. The number of hydrogen-bond donors (Lipinski definition) is 1. The molecule has 100 valence electrons. The molecule has 0 aliphatic rings. The summed E-state index contributed by atoms with van der Waals surface area (Å²) < 4.78 is 5.10. The molecule has 0 atom stereocenters. The quantitative estimate of drug-likeness (QED) is 0.847. The van der Waals surface area contributed by atoms with E-state index in [1.807, 2.05) is 31.2 Å². The highest BCUT2D eigenvalue weighted by Gasteiger charge is 2.03. The van der Waals surface area contributed by atoms with E-state index in [0.29, 0.717) is 17.3 Å². The van der Waals surface area contributed by atoms with Crippen molar-refractivity contribution in [2.45, 2.75) is 24.3 Å². The highest BCUT2D eigenvalue weighted by Crippen LogP contribution is 2.19. The van der Waals surface area contributed by atoms with Gasteiger partial charge in [0.15, 0.2) is 5.16 Å². The first-order chi connectivity index (χ1) is 9.22. The van der Waals surface area contributed by atoms with Crippen molar-refractivity contribution in [1.82, 2.24) is 15.2 Å². The van der Waals surface area contributed by atoms with Crippen LogP contribution in [0, 0.1) is 0 Å². The number of ether oxygens (including phenoxy) is 1. The van der Waals surface area contributed by atoms with Gasteiger partial charge in [-0.2, -0.15) is 0 Å². The van der Waals surface area contributed by atoms with Gasteiger partial charge in [0.05, 0.1) is 7.11 Å². The van der Waals surface area contributed by atoms with Crippen molar-refractivity contribution in [3.8, 4) is 5.75 Å². The predicted molar refractivity (Wildman–Crippen MR) is 74.6 cm³/mol. The fourth-order valence-corrected chi connectivity index (χ4v) is 2.27. The summed E-state index contributed by atoms with van der Waals surface area (Å²) in [7, 11) is 1.64. The maximum atomic E-state index is 11.6. The highest BCUT2D eigenvalue weighted by atomic mass is 32.2. The maximum Gasteiger partial charge on any atom is 0.273 e. The lowest BCUT2D eigenvalue weighted by Crippen LogP contribution is -2.16. The van der Waals surface area contributed by atoms with Gasteiger partial charge < -0.3 is 4.74 Å². The molecule has 0 amide bonds. The van der Waals surface area contributed by atoms with Crippen molar-refractivity contribution in [1.29, 1.82) is 0 Å². The van der Waals surface area contributed by atoms with Gasteiger partial charge in [-0.15, -0.1) is 10.2 Å². The molecule has 0 aliphatic carbocycles. The van der Waals surface area contributed by atoms with Crippen LogP contribution >= 0.6 is 11.8 Å². The summed E-state index contributed by atoms with van der Waals surface area (Å²) >= 11 is 1.45. The zero-order valence-electron chi connectivity index (χ0n) is 10.8. The van der Waals surface area contributed by atoms with Crippen molar-refractivity contribution < 1.29 is 4.74 Å². The molecule has 0 radical (unpaired) electrons. The second kappa shape index (κ2) is 6.38. The van der Waals surface area contributed by atoms with E-state index >= 15 is 0 Å².